The molecule has 0 amide bonds. The van der Waals surface area contributed by atoms with E-state index in [4.69, 9.17) is 0 Å². The molecule has 1 aromatic rings. The number of aryl methyl sites for hydroxylation is 1. The van der Waals surface area contributed by atoms with Gasteiger partial charge in [0.15, 0.2) is 0 Å². The smallest absolute Gasteiger partial charge is 0.314 e. The maximum Gasteiger partial charge on any atom is 0.314 e. The number of hydrogen-bond donors (Lipinski definition) is 2. The van der Waals surface area contributed by atoms with E-state index in [1.807, 2.05) is 24.3 Å². The van der Waals surface area contributed by atoms with Gasteiger partial charge in [-0.15, -0.1) is 0 Å². The van der Waals surface area contributed by atoms with Gasteiger partial charge in [-0.2, -0.15) is 0 Å². The highest BCUT2D eigenvalue weighted by Gasteiger charge is 2.45. The van der Waals surface area contributed by atoms with E-state index in [-0.39, 0.29) is 0 Å². The van der Waals surface area contributed by atoms with Crippen LogP contribution in [0.15, 0.2) is 24.3 Å². The summed E-state index contributed by atoms with van der Waals surface area (Å²) in [6, 6.07) is 7.77. The van der Waals surface area contributed by atoms with Crippen molar-refractivity contribution < 1.29 is 15.0 Å². The number of benzene rings is 1. The summed E-state index contributed by atoms with van der Waals surface area (Å²) in [4.78, 5) is 11.7. The van der Waals surface area contributed by atoms with Gasteiger partial charge in [-0.3, -0.25) is 4.79 Å². The molecule has 0 saturated carbocycles. The molecule has 1 atom stereocenters. The first-order chi connectivity index (χ1) is 8.35. The van der Waals surface area contributed by atoms with E-state index < -0.39 is 17.0 Å². The van der Waals surface area contributed by atoms with Gasteiger partial charge in [0.1, 0.15) is 0 Å². The van der Waals surface area contributed by atoms with E-state index in [0.717, 1.165) is 17.5 Å². The summed E-state index contributed by atoms with van der Waals surface area (Å²) in [6.45, 7) is 3.45. The molecule has 0 radical (unpaired) electrons. The zero-order chi connectivity index (χ0) is 13.4. The van der Waals surface area contributed by atoms with Crippen LogP contribution in [0.1, 0.15) is 44.2 Å². The van der Waals surface area contributed by atoms with Crippen LogP contribution >= 0.6 is 0 Å². The quantitative estimate of drug-likeness (QED) is 0.860. The highest BCUT2D eigenvalue weighted by molar-refractivity contribution is 5.83. The summed E-state index contributed by atoms with van der Waals surface area (Å²) >= 11 is 0. The van der Waals surface area contributed by atoms with Crippen LogP contribution in [0.3, 0.4) is 0 Å². The van der Waals surface area contributed by atoms with Crippen molar-refractivity contribution in [3.63, 3.8) is 0 Å². The molecule has 0 spiro atoms. The molecular formula is C15H20O3. The first kappa shape index (κ1) is 13.1. The second-order valence-electron chi connectivity index (χ2n) is 5.86. The predicted molar refractivity (Wildman–Crippen MR) is 69.6 cm³/mol. The number of fused-ring (bicyclic) bond motifs is 1. The van der Waals surface area contributed by atoms with Crippen LogP contribution in [0.5, 0.6) is 0 Å². The number of carboxylic acid groups (broad SMARTS) is 1. The third kappa shape index (κ3) is 2.27. The number of carboxylic acids is 1. The molecule has 0 aliphatic heterocycles. The fourth-order valence-electron chi connectivity index (χ4n) is 2.80. The number of aliphatic hydroxyl groups is 1. The van der Waals surface area contributed by atoms with E-state index in [1.54, 1.807) is 13.8 Å². The molecule has 0 fully saturated rings. The molecule has 1 aromatic carbocycles. The molecule has 0 bridgehead atoms. The molecule has 0 saturated heterocycles. The van der Waals surface area contributed by atoms with Crippen LogP contribution in [0.25, 0.3) is 0 Å². The summed E-state index contributed by atoms with van der Waals surface area (Å²) in [5, 5.41) is 19.5. The largest absolute Gasteiger partial charge is 0.481 e. The number of rotatable bonds is 4. The van der Waals surface area contributed by atoms with Crippen LogP contribution < -0.4 is 0 Å². The average Bonchev–Trinajstić information content (AvgIpc) is 2.66. The van der Waals surface area contributed by atoms with E-state index in [1.165, 1.54) is 0 Å². The minimum absolute atomic E-state index is 0.489. The summed E-state index contributed by atoms with van der Waals surface area (Å²) in [5.74, 6) is -0.767. The van der Waals surface area contributed by atoms with Crippen molar-refractivity contribution in [2.45, 2.75) is 50.5 Å². The lowest BCUT2D eigenvalue weighted by molar-refractivity contribution is -0.144. The standard InChI is InChI=1S/C15H20O3/c1-14(2,18)9-10-15(13(16)17)8-7-11-5-3-4-6-12(11)15/h3-6,18H,7-10H2,1-2H3,(H,16,17). The zero-order valence-electron chi connectivity index (χ0n) is 10.9. The Labute approximate surface area is 107 Å². The maximum atomic E-state index is 11.7. The SMILES string of the molecule is CC(C)(O)CCC1(C(=O)O)CCc2ccccc21. The first-order valence-electron chi connectivity index (χ1n) is 6.39. The number of aliphatic carboxylic acids is 1. The van der Waals surface area contributed by atoms with Gasteiger partial charge in [0.25, 0.3) is 0 Å². The van der Waals surface area contributed by atoms with Crippen LogP contribution in [0.2, 0.25) is 0 Å². The molecule has 2 rings (SSSR count). The zero-order valence-corrected chi connectivity index (χ0v) is 10.9. The fraction of sp³-hybridized carbons (Fsp3) is 0.533. The second-order valence-corrected chi connectivity index (χ2v) is 5.86. The molecular weight excluding hydrogens is 228 g/mol. The monoisotopic (exact) mass is 248 g/mol. The lowest BCUT2D eigenvalue weighted by atomic mass is 9.76. The van der Waals surface area contributed by atoms with Gasteiger partial charge in [0.05, 0.1) is 11.0 Å². The van der Waals surface area contributed by atoms with Gasteiger partial charge in [0.2, 0.25) is 0 Å². The molecule has 1 aliphatic rings. The van der Waals surface area contributed by atoms with Gasteiger partial charge >= 0.3 is 5.97 Å². The first-order valence-corrected chi connectivity index (χ1v) is 6.39. The summed E-state index contributed by atoms with van der Waals surface area (Å²) in [6.07, 6.45) is 2.43. The molecule has 0 heterocycles. The minimum Gasteiger partial charge on any atom is -0.481 e. The van der Waals surface area contributed by atoms with Crippen molar-refractivity contribution in [1.29, 1.82) is 0 Å². The normalized spacial score (nSPS) is 22.8. The Balaban J connectivity index is 2.33. The van der Waals surface area contributed by atoms with Gasteiger partial charge in [-0.05, 0) is 50.7 Å². The van der Waals surface area contributed by atoms with E-state index in [9.17, 15) is 15.0 Å². The molecule has 3 nitrogen and oxygen atoms in total. The van der Waals surface area contributed by atoms with Crippen molar-refractivity contribution in [1.82, 2.24) is 0 Å². The molecule has 18 heavy (non-hydrogen) atoms. The van der Waals surface area contributed by atoms with Crippen molar-refractivity contribution in [3.05, 3.63) is 35.4 Å². The molecule has 1 unspecified atom stereocenters. The van der Waals surface area contributed by atoms with E-state index >= 15 is 0 Å². The summed E-state index contributed by atoms with van der Waals surface area (Å²) < 4.78 is 0. The summed E-state index contributed by atoms with van der Waals surface area (Å²) in [7, 11) is 0. The maximum absolute atomic E-state index is 11.7. The lowest BCUT2D eigenvalue weighted by Crippen LogP contribution is -2.36. The van der Waals surface area contributed by atoms with E-state index in [0.29, 0.717) is 19.3 Å². The third-order valence-electron chi connectivity index (χ3n) is 3.93. The summed E-state index contributed by atoms with van der Waals surface area (Å²) in [5.41, 5.74) is 0.439. The molecule has 1 aliphatic carbocycles. The van der Waals surface area contributed by atoms with Gasteiger partial charge in [-0.1, -0.05) is 24.3 Å². The Morgan fingerprint density at radius 3 is 2.67 bits per heavy atom. The molecule has 98 valence electrons. The Hall–Kier alpha value is -1.35. The van der Waals surface area contributed by atoms with E-state index in [2.05, 4.69) is 0 Å². The van der Waals surface area contributed by atoms with Gasteiger partial charge in [-0.25, -0.2) is 0 Å². The lowest BCUT2D eigenvalue weighted by Gasteiger charge is -2.28. The number of hydrogen-bond acceptors (Lipinski definition) is 2. The van der Waals surface area contributed by atoms with Crippen molar-refractivity contribution in [3.8, 4) is 0 Å². The fourth-order valence-corrected chi connectivity index (χ4v) is 2.80. The predicted octanol–water partition coefficient (Wildman–Crippen LogP) is 2.51. The number of carbonyl (C=O) groups is 1. The molecule has 2 N–H and O–H groups in total. The Morgan fingerprint density at radius 1 is 1.39 bits per heavy atom. The highest BCUT2D eigenvalue weighted by Crippen LogP contribution is 2.43. The van der Waals surface area contributed by atoms with Crippen molar-refractivity contribution in [2.75, 3.05) is 0 Å². The Morgan fingerprint density at radius 2 is 2.06 bits per heavy atom. The second kappa shape index (κ2) is 4.39. The average molecular weight is 248 g/mol. The molecule has 0 aromatic heterocycles. The van der Waals surface area contributed by atoms with Crippen molar-refractivity contribution >= 4 is 5.97 Å². The topological polar surface area (TPSA) is 57.5 Å². The highest BCUT2D eigenvalue weighted by atomic mass is 16.4. The van der Waals surface area contributed by atoms with Crippen LogP contribution in [-0.2, 0) is 16.6 Å². The van der Waals surface area contributed by atoms with Crippen molar-refractivity contribution in [2.24, 2.45) is 0 Å². The Bertz CT molecular complexity index is 459. The van der Waals surface area contributed by atoms with Crippen LogP contribution in [-0.4, -0.2) is 21.8 Å². The van der Waals surface area contributed by atoms with Gasteiger partial charge < -0.3 is 10.2 Å². The van der Waals surface area contributed by atoms with Crippen LogP contribution in [0, 0.1) is 0 Å². The molecule has 3 heteroatoms. The third-order valence-corrected chi connectivity index (χ3v) is 3.93. The Kier molecular flexibility index (Phi) is 3.20. The minimum atomic E-state index is -0.819. The van der Waals surface area contributed by atoms with Gasteiger partial charge in [0, 0.05) is 0 Å². The van der Waals surface area contributed by atoms with Crippen LogP contribution in [0.4, 0.5) is 0 Å².